The average molecular weight is 367 g/mol. The third kappa shape index (κ3) is 10.0. The fourth-order valence-electron chi connectivity index (χ4n) is 2.40. The average Bonchev–Trinajstić information content (AvgIpc) is 2.49. The van der Waals surface area contributed by atoms with Crippen LogP contribution in [0.5, 0.6) is 0 Å². The molecule has 0 radical (unpaired) electrons. The molecule has 0 aliphatic carbocycles. The molecular weight excluding hydrogens is 334 g/mol. The van der Waals surface area contributed by atoms with Gasteiger partial charge in [0.2, 0.25) is 0 Å². The zero-order valence-corrected chi connectivity index (χ0v) is 16.8. The summed E-state index contributed by atoms with van der Waals surface area (Å²) in [6.45, 7) is 15.0. The minimum absolute atomic E-state index is 0.0991. The van der Waals surface area contributed by atoms with Crippen molar-refractivity contribution in [2.45, 2.75) is 72.4 Å². The van der Waals surface area contributed by atoms with E-state index in [2.05, 4.69) is 11.9 Å². The number of hydrogen-bond acceptors (Lipinski definition) is 4. The van der Waals surface area contributed by atoms with Crippen LogP contribution in [-0.4, -0.2) is 34.6 Å². The zero-order valence-electron chi connectivity index (χ0n) is 16.8. The minimum atomic E-state index is -1.00. The third-order valence-corrected chi connectivity index (χ3v) is 4.08. The Bertz CT molecular complexity index is 545. The quantitative estimate of drug-likeness (QED) is 0.448. The molecule has 26 heavy (non-hydrogen) atoms. The van der Waals surface area contributed by atoms with Gasteiger partial charge in [-0.1, -0.05) is 38.5 Å². The van der Waals surface area contributed by atoms with Gasteiger partial charge in [-0.2, -0.15) is 0 Å². The van der Waals surface area contributed by atoms with Crippen LogP contribution in [-0.2, 0) is 14.3 Å². The van der Waals surface area contributed by atoms with Crippen LogP contribution in [0.4, 0.5) is 4.79 Å². The number of nitrogens with one attached hydrogen (secondary N) is 1. The van der Waals surface area contributed by atoms with E-state index in [0.29, 0.717) is 6.42 Å². The molecule has 2 N–H and O–H groups in total. The lowest BCUT2D eigenvalue weighted by molar-refractivity contribution is -0.131. The van der Waals surface area contributed by atoms with Gasteiger partial charge in [-0.3, -0.25) is 4.79 Å². The van der Waals surface area contributed by atoms with Crippen LogP contribution in [0.3, 0.4) is 0 Å². The maximum absolute atomic E-state index is 12.3. The molecule has 0 saturated heterocycles. The molecule has 0 fully saturated rings. The maximum atomic E-state index is 12.3. The molecule has 1 amide bonds. The van der Waals surface area contributed by atoms with Gasteiger partial charge in [0.25, 0.3) is 0 Å². The Morgan fingerprint density at radius 2 is 1.77 bits per heavy atom. The van der Waals surface area contributed by atoms with E-state index in [1.165, 1.54) is 0 Å². The smallest absolute Gasteiger partial charge is 0.408 e. The molecule has 0 saturated carbocycles. The predicted molar refractivity (Wildman–Crippen MR) is 102 cm³/mol. The molecule has 3 unspecified atom stereocenters. The lowest BCUT2D eigenvalue weighted by Crippen LogP contribution is -2.41. The molecular formula is C20H33NO5. The molecule has 0 rings (SSSR count). The Balaban J connectivity index is 4.68. The largest absolute Gasteiger partial charge is 0.478 e. The highest BCUT2D eigenvalue weighted by Crippen LogP contribution is 2.27. The monoisotopic (exact) mass is 367 g/mol. The molecule has 0 spiro atoms. The summed E-state index contributed by atoms with van der Waals surface area (Å²) in [6.07, 6.45) is 3.67. The Hall–Kier alpha value is -2.11. The van der Waals surface area contributed by atoms with Crippen LogP contribution in [0.1, 0.15) is 60.8 Å². The van der Waals surface area contributed by atoms with Crippen LogP contribution in [0.15, 0.2) is 24.3 Å². The number of hydrogen-bond donors (Lipinski definition) is 2. The normalized spacial score (nSPS) is 15.2. The van der Waals surface area contributed by atoms with Gasteiger partial charge in [0, 0.05) is 18.4 Å². The number of allylic oxidation sites excluding steroid dienone is 2. The Labute approximate surface area is 156 Å². The van der Waals surface area contributed by atoms with Crippen molar-refractivity contribution in [3.8, 4) is 0 Å². The van der Waals surface area contributed by atoms with Gasteiger partial charge in [-0.25, -0.2) is 9.59 Å². The Morgan fingerprint density at radius 3 is 2.23 bits per heavy atom. The fourth-order valence-corrected chi connectivity index (χ4v) is 2.40. The topological polar surface area (TPSA) is 92.7 Å². The second-order valence-corrected chi connectivity index (χ2v) is 7.60. The lowest BCUT2D eigenvalue weighted by atomic mass is 9.83. The number of carbonyl (C=O) groups is 3. The first-order valence-electron chi connectivity index (χ1n) is 8.98. The summed E-state index contributed by atoms with van der Waals surface area (Å²) in [5.74, 6) is -0.997. The van der Waals surface area contributed by atoms with E-state index in [1.807, 2.05) is 13.8 Å². The van der Waals surface area contributed by atoms with Crippen molar-refractivity contribution in [2.75, 3.05) is 0 Å². The predicted octanol–water partition coefficient (Wildman–Crippen LogP) is 4.11. The molecule has 0 aromatic carbocycles. The van der Waals surface area contributed by atoms with Gasteiger partial charge in [0.05, 0.1) is 6.04 Å². The SMILES string of the molecule is C=C(CCC(=O)C(C)NC(=O)OC(C)(C)C)C(C=CC(=O)O)C(C)CC. The number of carboxylic acids is 1. The summed E-state index contributed by atoms with van der Waals surface area (Å²) in [5, 5.41) is 11.4. The van der Waals surface area contributed by atoms with Crippen molar-refractivity contribution in [1.82, 2.24) is 5.32 Å². The van der Waals surface area contributed by atoms with Gasteiger partial charge < -0.3 is 15.2 Å². The van der Waals surface area contributed by atoms with E-state index >= 15 is 0 Å². The number of ether oxygens (including phenoxy) is 1. The number of aliphatic carboxylic acids is 1. The second kappa shape index (κ2) is 10.8. The number of carbonyl (C=O) groups excluding carboxylic acids is 2. The highest BCUT2D eigenvalue weighted by molar-refractivity contribution is 5.87. The molecule has 6 heteroatoms. The minimum Gasteiger partial charge on any atom is -0.478 e. The number of amides is 1. The lowest BCUT2D eigenvalue weighted by Gasteiger charge is -2.23. The van der Waals surface area contributed by atoms with E-state index in [9.17, 15) is 14.4 Å². The summed E-state index contributed by atoms with van der Waals surface area (Å²) < 4.78 is 5.14. The molecule has 3 atom stereocenters. The summed E-state index contributed by atoms with van der Waals surface area (Å²) in [5.41, 5.74) is 0.191. The molecule has 0 aromatic rings. The molecule has 0 heterocycles. The van der Waals surface area contributed by atoms with Gasteiger partial charge >= 0.3 is 12.1 Å². The summed E-state index contributed by atoms with van der Waals surface area (Å²) >= 11 is 0. The van der Waals surface area contributed by atoms with E-state index in [0.717, 1.165) is 18.1 Å². The van der Waals surface area contributed by atoms with Gasteiger partial charge in [-0.15, -0.1) is 0 Å². The first-order chi connectivity index (χ1) is 11.9. The molecule has 0 aliphatic heterocycles. The third-order valence-electron chi connectivity index (χ3n) is 4.08. The summed E-state index contributed by atoms with van der Waals surface area (Å²) in [6, 6.07) is -0.658. The van der Waals surface area contributed by atoms with Crippen molar-refractivity contribution in [3.05, 3.63) is 24.3 Å². The van der Waals surface area contributed by atoms with Crippen molar-refractivity contribution in [1.29, 1.82) is 0 Å². The van der Waals surface area contributed by atoms with Crippen molar-refractivity contribution in [3.63, 3.8) is 0 Å². The second-order valence-electron chi connectivity index (χ2n) is 7.60. The number of Topliss-reactive ketones (excluding diaryl/α,β-unsaturated/α-hetero) is 1. The first-order valence-corrected chi connectivity index (χ1v) is 8.98. The van der Waals surface area contributed by atoms with Crippen molar-refractivity contribution in [2.24, 2.45) is 11.8 Å². The number of alkyl carbamates (subject to hydrolysis) is 1. The number of carboxylic acid groups (broad SMARTS) is 1. The maximum Gasteiger partial charge on any atom is 0.408 e. The van der Waals surface area contributed by atoms with Crippen LogP contribution in [0.25, 0.3) is 0 Å². The van der Waals surface area contributed by atoms with Crippen molar-refractivity contribution < 1.29 is 24.2 Å². The van der Waals surface area contributed by atoms with Crippen LogP contribution >= 0.6 is 0 Å². The van der Waals surface area contributed by atoms with Crippen LogP contribution in [0, 0.1) is 11.8 Å². The van der Waals surface area contributed by atoms with E-state index in [1.54, 1.807) is 33.8 Å². The number of rotatable bonds is 10. The van der Waals surface area contributed by atoms with Gasteiger partial charge in [-0.05, 0) is 40.0 Å². The summed E-state index contributed by atoms with van der Waals surface area (Å²) in [7, 11) is 0. The highest BCUT2D eigenvalue weighted by atomic mass is 16.6. The molecule has 0 aromatic heterocycles. The molecule has 6 nitrogen and oxygen atoms in total. The molecule has 148 valence electrons. The van der Waals surface area contributed by atoms with E-state index in [-0.39, 0.29) is 24.0 Å². The van der Waals surface area contributed by atoms with Gasteiger partial charge in [0.1, 0.15) is 5.60 Å². The molecule has 0 bridgehead atoms. The highest BCUT2D eigenvalue weighted by Gasteiger charge is 2.22. The molecule has 0 aliphatic rings. The van der Waals surface area contributed by atoms with E-state index < -0.39 is 23.7 Å². The number of ketones is 1. The Morgan fingerprint density at radius 1 is 1.19 bits per heavy atom. The van der Waals surface area contributed by atoms with Crippen molar-refractivity contribution >= 4 is 17.8 Å². The fraction of sp³-hybridized carbons (Fsp3) is 0.650. The zero-order chi connectivity index (χ0) is 20.5. The first kappa shape index (κ1) is 23.9. The standard InChI is InChI=1S/C20H33NO5/c1-8-13(2)16(10-12-18(23)24)14(3)9-11-17(22)15(4)21-19(25)26-20(5,6)7/h10,12-13,15-16H,3,8-9,11H2,1-2,4-7H3,(H,21,25)(H,23,24). The van der Waals surface area contributed by atoms with Gasteiger partial charge in [0.15, 0.2) is 5.78 Å². The van der Waals surface area contributed by atoms with Crippen LogP contribution < -0.4 is 5.32 Å². The van der Waals surface area contributed by atoms with Crippen LogP contribution in [0.2, 0.25) is 0 Å². The Kier molecular flexibility index (Phi) is 9.91. The van der Waals surface area contributed by atoms with E-state index in [4.69, 9.17) is 9.84 Å². The summed E-state index contributed by atoms with van der Waals surface area (Å²) in [4.78, 5) is 34.8.